The number of hydrogen-bond donors (Lipinski definition) is 0. The summed E-state index contributed by atoms with van der Waals surface area (Å²) in [5.41, 5.74) is 7.49. The van der Waals surface area contributed by atoms with Gasteiger partial charge in [-0.25, -0.2) is 0 Å². The van der Waals surface area contributed by atoms with Gasteiger partial charge in [-0.3, -0.25) is 0 Å². The molecule has 0 unspecified atom stereocenters. The Morgan fingerprint density at radius 1 is 0.333 bits per heavy atom. The maximum absolute atomic E-state index is 3.56. The lowest BCUT2D eigenvalue weighted by Crippen LogP contribution is -1.92. The van der Waals surface area contributed by atoms with Crippen molar-refractivity contribution in [1.82, 2.24) is 0 Å². The summed E-state index contributed by atoms with van der Waals surface area (Å²) < 4.78 is 1.09. The Bertz CT molecular complexity index is 1580. The zero-order valence-electron chi connectivity index (χ0n) is 18.0. The van der Waals surface area contributed by atoms with Gasteiger partial charge in [0.2, 0.25) is 0 Å². The summed E-state index contributed by atoms with van der Waals surface area (Å²) in [7, 11) is 0. The summed E-state index contributed by atoms with van der Waals surface area (Å²) in [6, 6.07) is 45.8. The molecule has 0 aliphatic heterocycles. The molecule has 6 aromatic carbocycles. The second-order valence-corrected chi connectivity index (χ2v) is 9.21. The van der Waals surface area contributed by atoms with Crippen LogP contribution in [0.15, 0.2) is 132 Å². The zero-order valence-corrected chi connectivity index (χ0v) is 19.6. The van der Waals surface area contributed by atoms with Gasteiger partial charge in [0.15, 0.2) is 0 Å². The Balaban J connectivity index is 1.79. The third kappa shape index (κ3) is 3.55. The van der Waals surface area contributed by atoms with E-state index in [1.807, 2.05) is 0 Å². The maximum atomic E-state index is 3.56. The van der Waals surface area contributed by atoms with Crippen molar-refractivity contribution in [3.63, 3.8) is 0 Å². The van der Waals surface area contributed by atoms with E-state index in [0.29, 0.717) is 0 Å². The molecule has 0 bridgehead atoms. The average Bonchev–Trinajstić information content (AvgIpc) is 2.89. The highest BCUT2D eigenvalue weighted by molar-refractivity contribution is 9.10. The SMILES string of the molecule is Brc1ccc(-c2ccc3c(c2)c(-c2ccccc2)c(-c2ccccc2)c2ccccc23)cc1. The van der Waals surface area contributed by atoms with Gasteiger partial charge in [0.1, 0.15) is 0 Å². The van der Waals surface area contributed by atoms with Gasteiger partial charge in [-0.15, -0.1) is 0 Å². The summed E-state index contributed by atoms with van der Waals surface area (Å²) >= 11 is 3.56. The second kappa shape index (κ2) is 8.35. The van der Waals surface area contributed by atoms with Crippen LogP contribution in [0.5, 0.6) is 0 Å². The van der Waals surface area contributed by atoms with E-state index in [1.54, 1.807) is 0 Å². The lowest BCUT2D eigenvalue weighted by molar-refractivity contribution is 1.60. The lowest BCUT2D eigenvalue weighted by atomic mass is 9.84. The molecule has 0 aliphatic carbocycles. The van der Waals surface area contributed by atoms with E-state index < -0.39 is 0 Å². The molecule has 0 aromatic heterocycles. The minimum atomic E-state index is 1.09. The first-order valence-corrected chi connectivity index (χ1v) is 11.9. The third-order valence-corrected chi connectivity index (χ3v) is 6.86. The molecule has 0 aliphatic rings. The molecule has 33 heavy (non-hydrogen) atoms. The quantitative estimate of drug-likeness (QED) is 0.219. The molecule has 156 valence electrons. The van der Waals surface area contributed by atoms with E-state index in [4.69, 9.17) is 0 Å². The molecule has 0 N–H and O–H groups in total. The van der Waals surface area contributed by atoms with E-state index >= 15 is 0 Å². The molecule has 0 atom stereocenters. The minimum Gasteiger partial charge on any atom is -0.0622 e. The predicted octanol–water partition coefficient (Wildman–Crippen LogP) is 9.76. The second-order valence-electron chi connectivity index (χ2n) is 8.29. The van der Waals surface area contributed by atoms with Crippen LogP contribution in [0.4, 0.5) is 0 Å². The van der Waals surface area contributed by atoms with Crippen LogP contribution < -0.4 is 0 Å². The number of benzene rings is 6. The van der Waals surface area contributed by atoms with Gasteiger partial charge in [0, 0.05) is 4.47 Å². The molecule has 1 heteroatoms. The van der Waals surface area contributed by atoms with Crippen LogP contribution in [0.2, 0.25) is 0 Å². The molecule has 0 nitrogen and oxygen atoms in total. The van der Waals surface area contributed by atoms with E-state index in [0.717, 1.165) is 4.47 Å². The zero-order chi connectivity index (χ0) is 22.2. The molecular formula is C32H21Br. The van der Waals surface area contributed by atoms with E-state index in [1.165, 1.54) is 54.9 Å². The van der Waals surface area contributed by atoms with Crippen molar-refractivity contribution < 1.29 is 0 Å². The van der Waals surface area contributed by atoms with Gasteiger partial charge in [-0.05, 0) is 73.1 Å². The standard InChI is InChI=1S/C32H21Br/c33-26-18-15-22(16-19-26)25-17-20-28-27-13-7-8-14-29(27)31(23-9-3-1-4-10-23)32(30(28)21-25)24-11-5-2-6-12-24/h1-21H. The molecule has 0 amide bonds. The molecular weight excluding hydrogens is 464 g/mol. The van der Waals surface area contributed by atoms with Crippen molar-refractivity contribution in [3.05, 3.63) is 132 Å². The summed E-state index contributed by atoms with van der Waals surface area (Å²) in [6.07, 6.45) is 0. The van der Waals surface area contributed by atoms with Gasteiger partial charge in [-0.2, -0.15) is 0 Å². The fourth-order valence-corrected chi connectivity index (χ4v) is 5.09. The van der Waals surface area contributed by atoms with Gasteiger partial charge in [0.05, 0.1) is 0 Å². The highest BCUT2D eigenvalue weighted by atomic mass is 79.9. The normalized spacial score (nSPS) is 11.2. The molecule has 0 radical (unpaired) electrons. The van der Waals surface area contributed by atoms with Crippen LogP contribution in [0.1, 0.15) is 0 Å². The average molecular weight is 485 g/mol. The van der Waals surface area contributed by atoms with Crippen LogP contribution in [-0.4, -0.2) is 0 Å². The Morgan fingerprint density at radius 2 is 0.818 bits per heavy atom. The van der Waals surface area contributed by atoms with Crippen molar-refractivity contribution in [3.8, 4) is 33.4 Å². The fraction of sp³-hybridized carbons (Fsp3) is 0. The van der Waals surface area contributed by atoms with Gasteiger partial charge in [0.25, 0.3) is 0 Å². The summed E-state index contributed by atoms with van der Waals surface area (Å²) in [6.45, 7) is 0. The third-order valence-electron chi connectivity index (χ3n) is 6.33. The monoisotopic (exact) mass is 484 g/mol. The van der Waals surface area contributed by atoms with Crippen molar-refractivity contribution in [2.24, 2.45) is 0 Å². The van der Waals surface area contributed by atoms with Crippen molar-refractivity contribution in [2.45, 2.75) is 0 Å². The smallest absolute Gasteiger partial charge is 0.0175 e. The minimum absolute atomic E-state index is 1.09. The van der Waals surface area contributed by atoms with Crippen molar-refractivity contribution in [2.75, 3.05) is 0 Å². The lowest BCUT2D eigenvalue weighted by Gasteiger charge is -2.19. The number of fused-ring (bicyclic) bond motifs is 3. The molecule has 0 saturated heterocycles. The molecule has 0 spiro atoms. The van der Waals surface area contributed by atoms with Gasteiger partial charge in [-0.1, -0.05) is 125 Å². The van der Waals surface area contributed by atoms with Crippen LogP contribution in [0.25, 0.3) is 54.9 Å². The Kier molecular flexibility index (Phi) is 5.05. The fourth-order valence-electron chi connectivity index (χ4n) is 4.82. The topological polar surface area (TPSA) is 0 Å². The first kappa shape index (κ1) is 20.0. The molecule has 6 aromatic rings. The largest absolute Gasteiger partial charge is 0.0622 e. The number of rotatable bonds is 3. The first-order chi connectivity index (χ1) is 16.3. The predicted molar refractivity (Wildman–Crippen MR) is 145 cm³/mol. The molecule has 0 saturated carbocycles. The van der Waals surface area contributed by atoms with E-state index in [-0.39, 0.29) is 0 Å². The summed E-state index contributed by atoms with van der Waals surface area (Å²) in [5, 5.41) is 5.13. The van der Waals surface area contributed by atoms with Crippen LogP contribution >= 0.6 is 15.9 Å². The Hall–Kier alpha value is -3.68. The van der Waals surface area contributed by atoms with Crippen molar-refractivity contribution in [1.29, 1.82) is 0 Å². The Labute approximate surface area is 202 Å². The highest BCUT2D eigenvalue weighted by Crippen LogP contribution is 2.45. The summed E-state index contributed by atoms with van der Waals surface area (Å²) in [4.78, 5) is 0. The van der Waals surface area contributed by atoms with Crippen molar-refractivity contribution >= 4 is 37.5 Å². The van der Waals surface area contributed by atoms with Crippen LogP contribution in [0, 0.1) is 0 Å². The Morgan fingerprint density at radius 3 is 1.45 bits per heavy atom. The van der Waals surface area contributed by atoms with Crippen LogP contribution in [0.3, 0.4) is 0 Å². The van der Waals surface area contributed by atoms with E-state index in [2.05, 4.69) is 143 Å². The van der Waals surface area contributed by atoms with Gasteiger partial charge >= 0.3 is 0 Å². The summed E-state index contributed by atoms with van der Waals surface area (Å²) in [5.74, 6) is 0. The first-order valence-electron chi connectivity index (χ1n) is 11.1. The van der Waals surface area contributed by atoms with Gasteiger partial charge < -0.3 is 0 Å². The highest BCUT2D eigenvalue weighted by Gasteiger charge is 2.17. The molecule has 6 rings (SSSR count). The van der Waals surface area contributed by atoms with Crippen LogP contribution in [-0.2, 0) is 0 Å². The molecule has 0 heterocycles. The van der Waals surface area contributed by atoms with E-state index in [9.17, 15) is 0 Å². The number of halogens is 1. The number of hydrogen-bond acceptors (Lipinski definition) is 0. The maximum Gasteiger partial charge on any atom is 0.0175 e. The molecule has 0 fully saturated rings.